The summed E-state index contributed by atoms with van der Waals surface area (Å²) in [6, 6.07) is 0. The molecule has 0 aliphatic carbocycles. The van der Waals surface area contributed by atoms with Crippen molar-refractivity contribution in [3.8, 4) is 0 Å². The van der Waals surface area contributed by atoms with E-state index in [-0.39, 0.29) is 5.75 Å². The lowest BCUT2D eigenvalue weighted by Gasteiger charge is -2.11. The van der Waals surface area contributed by atoms with Gasteiger partial charge in [-0.05, 0) is 6.26 Å². The first kappa shape index (κ1) is 9.10. The van der Waals surface area contributed by atoms with Gasteiger partial charge in [0.15, 0.2) is 6.10 Å². The maximum Gasteiger partial charge on any atom is 0.415 e. The molecule has 0 amide bonds. The number of halogens is 3. The Bertz CT molecular complexity index is 82.4. The average molecular weight is 160 g/mol. The number of aliphatic hydroxyl groups is 1. The Morgan fingerprint density at radius 3 is 2.11 bits per heavy atom. The van der Waals surface area contributed by atoms with Crippen LogP contribution in [-0.4, -0.2) is 29.4 Å². The van der Waals surface area contributed by atoms with E-state index in [1.165, 1.54) is 6.26 Å². The van der Waals surface area contributed by atoms with E-state index in [1.807, 2.05) is 0 Å². The van der Waals surface area contributed by atoms with Gasteiger partial charge in [-0.15, -0.1) is 0 Å². The lowest BCUT2D eigenvalue weighted by atomic mass is 10.4. The molecule has 0 spiro atoms. The van der Waals surface area contributed by atoms with Crippen molar-refractivity contribution in [3.05, 3.63) is 0 Å². The molecular weight excluding hydrogens is 153 g/mol. The van der Waals surface area contributed by atoms with Crippen molar-refractivity contribution < 1.29 is 18.3 Å². The average Bonchev–Trinajstić information content (AvgIpc) is 1.64. The number of rotatable bonds is 2. The smallest absolute Gasteiger partial charge is 0.383 e. The van der Waals surface area contributed by atoms with Gasteiger partial charge in [-0.25, -0.2) is 0 Å². The van der Waals surface area contributed by atoms with Crippen molar-refractivity contribution >= 4 is 11.8 Å². The molecule has 0 radical (unpaired) electrons. The Hall–Kier alpha value is 0.100. The zero-order chi connectivity index (χ0) is 7.49. The molecule has 0 aliphatic heterocycles. The number of alkyl halides is 3. The molecule has 0 aromatic carbocycles. The molecule has 0 heterocycles. The van der Waals surface area contributed by atoms with Gasteiger partial charge in [-0.1, -0.05) is 0 Å². The van der Waals surface area contributed by atoms with Gasteiger partial charge in [0, 0.05) is 5.75 Å². The van der Waals surface area contributed by atoms with Gasteiger partial charge in [-0.3, -0.25) is 0 Å². The predicted octanol–water partition coefficient (Wildman–Crippen LogP) is 1.27. The second kappa shape index (κ2) is 3.31. The fraction of sp³-hybridized carbons (Fsp3) is 1.00. The highest BCUT2D eigenvalue weighted by Gasteiger charge is 2.37. The van der Waals surface area contributed by atoms with Crippen molar-refractivity contribution in [3.63, 3.8) is 0 Å². The molecule has 0 aromatic heterocycles. The van der Waals surface area contributed by atoms with Crippen LogP contribution < -0.4 is 0 Å². The zero-order valence-electron chi connectivity index (χ0n) is 4.77. The van der Waals surface area contributed by atoms with E-state index in [2.05, 4.69) is 0 Å². The molecule has 1 N–H and O–H groups in total. The van der Waals surface area contributed by atoms with E-state index in [9.17, 15) is 13.2 Å². The molecule has 0 fully saturated rings. The number of thioether (sulfide) groups is 1. The highest BCUT2D eigenvalue weighted by Crippen LogP contribution is 2.21. The third kappa shape index (κ3) is 3.64. The first-order chi connectivity index (χ1) is 3.98. The molecule has 1 nitrogen and oxygen atoms in total. The second-order valence-corrected chi connectivity index (χ2v) is 2.42. The van der Waals surface area contributed by atoms with Crippen molar-refractivity contribution in [2.75, 3.05) is 12.0 Å². The maximum atomic E-state index is 11.4. The third-order valence-corrected chi connectivity index (χ3v) is 1.35. The lowest BCUT2D eigenvalue weighted by molar-refractivity contribution is -0.195. The van der Waals surface area contributed by atoms with E-state index < -0.39 is 12.3 Å². The Kier molecular flexibility index (Phi) is 3.35. The third-order valence-electron chi connectivity index (χ3n) is 0.702. The molecule has 1 unspecified atom stereocenters. The highest BCUT2D eigenvalue weighted by molar-refractivity contribution is 7.98. The number of hydrogen-bond donors (Lipinski definition) is 1. The minimum absolute atomic E-state index is 0.288. The summed E-state index contributed by atoms with van der Waals surface area (Å²) in [6.07, 6.45) is -5.12. The first-order valence-electron chi connectivity index (χ1n) is 2.22. The Balaban J connectivity index is 3.59. The van der Waals surface area contributed by atoms with Crippen LogP contribution in [0.15, 0.2) is 0 Å². The fourth-order valence-electron chi connectivity index (χ4n) is 0.252. The topological polar surface area (TPSA) is 20.2 Å². The van der Waals surface area contributed by atoms with Gasteiger partial charge < -0.3 is 5.11 Å². The van der Waals surface area contributed by atoms with Crippen molar-refractivity contribution in [2.45, 2.75) is 12.3 Å². The summed E-state index contributed by atoms with van der Waals surface area (Å²) in [5, 5.41) is 8.24. The summed E-state index contributed by atoms with van der Waals surface area (Å²) < 4.78 is 34.1. The van der Waals surface area contributed by atoms with Gasteiger partial charge in [0.05, 0.1) is 0 Å². The van der Waals surface area contributed by atoms with Gasteiger partial charge in [0.25, 0.3) is 0 Å². The summed E-state index contributed by atoms with van der Waals surface area (Å²) in [6.45, 7) is 0. The van der Waals surface area contributed by atoms with Crippen LogP contribution >= 0.6 is 11.8 Å². The largest absolute Gasteiger partial charge is 0.415 e. The van der Waals surface area contributed by atoms with E-state index in [1.54, 1.807) is 0 Å². The summed E-state index contributed by atoms with van der Waals surface area (Å²) in [7, 11) is 0. The Labute approximate surface area is 55.2 Å². The molecule has 0 saturated carbocycles. The zero-order valence-corrected chi connectivity index (χ0v) is 5.59. The van der Waals surface area contributed by atoms with Crippen molar-refractivity contribution in [1.29, 1.82) is 0 Å². The molecule has 0 aromatic rings. The summed E-state index contributed by atoms with van der Waals surface area (Å²) in [5.41, 5.74) is 0. The van der Waals surface area contributed by atoms with Crippen LogP contribution in [0.5, 0.6) is 0 Å². The molecule has 0 saturated heterocycles. The SMILES string of the molecule is CSCC(O)C(F)(F)F. The maximum absolute atomic E-state index is 11.4. The standard InChI is InChI=1S/C4H7F3OS/c1-9-2-3(8)4(5,6)7/h3,8H,2H2,1H3. The normalized spacial score (nSPS) is 15.7. The van der Waals surface area contributed by atoms with Crippen LogP contribution in [0.2, 0.25) is 0 Å². The molecular formula is C4H7F3OS. The van der Waals surface area contributed by atoms with Gasteiger partial charge >= 0.3 is 6.18 Å². The van der Waals surface area contributed by atoms with Crippen molar-refractivity contribution in [1.82, 2.24) is 0 Å². The number of aliphatic hydroxyl groups excluding tert-OH is 1. The highest BCUT2D eigenvalue weighted by atomic mass is 32.2. The van der Waals surface area contributed by atoms with E-state index >= 15 is 0 Å². The first-order valence-corrected chi connectivity index (χ1v) is 3.61. The van der Waals surface area contributed by atoms with E-state index in [0.717, 1.165) is 11.8 Å². The Morgan fingerprint density at radius 2 is 2.00 bits per heavy atom. The summed E-state index contributed by atoms with van der Waals surface area (Å²) >= 11 is 0.967. The van der Waals surface area contributed by atoms with Crippen molar-refractivity contribution in [2.24, 2.45) is 0 Å². The van der Waals surface area contributed by atoms with Crippen LogP contribution in [0, 0.1) is 0 Å². The van der Waals surface area contributed by atoms with Gasteiger partial charge in [0.2, 0.25) is 0 Å². The van der Waals surface area contributed by atoms with Crippen LogP contribution in [-0.2, 0) is 0 Å². The monoisotopic (exact) mass is 160 g/mol. The van der Waals surface area contributed by atoms with E-state index in [4.69, 9.17) is 5.11 Å². The van der Waals surface area contributed by atoms with Crippen LogP contribution in [0.4, 0.5) is 13.2 Å². The minimum Gasteiger partial charge on any atom is -0.383 e. The molecule has 0 rings (SSSR count). The second-order valence-electron chi connectivity index (χ2n) is 1.51. The van der Waals surface area contributed by atoms with E-state index in [0.29, 0.717) is 0 Å². The molecule has 1 atom stereocenters. The Morgan fingerprint density at radius 1 is 1.56 bits per heavy atom. The quantitative estimate of drug-likeness (QED) is 0.656. The molecule has 56 valence electrons. The molecule has 0 bridgehead atoms. The van der Waals surface area contributed by atoms with Crippen LogP contribution in [0.3, 0.4) is 0 Å². The van der Waals surface area contributed by atoms with Gasteiger partial charge in [-0.2, -0.15) is 24.9 Å². The number of hydrogen-bond acceptors (Lipinski definition) is 2. The molecule has 0 aliphatic rings. The molecule has 5 heteroatoms. The van der Waals surface area contributed by atoms with Crippen LogP contribution in [0.25, 0.3) is 0 Å². The summed E-state index contributed by atoms with van der Waals surface area (Å²) in [4.78, 5) is 0. The summed E-state index contributed by atoms with van der Waals surface area (Å²) in [5.74, 6) is -0.288. The van der Waals surface area contributed by atoms with Gasteiger partial charge in [0.1, 0.15) is 0 Å². The molecule has 9 heavy (non-hydrogen) atoms. The lowest BCUT2D eigenvalue weighted by Crippen LogP contribution is -2.30. The minimum atomic E-state index is -4.46. The predicted molar refractivity (Wildman–Crippen MR) is 30.4 cm³/mol. The van der Waals surface area contributed by atoms with Crippen LogP contribution in [0.1, 0.15) is 0 Å². The fourth-order valence-corrected chi connectivity index (χ4v) is 0.757.